The van der Waals surface area contributed by atoms with Crippen LogP contribution in [0.2, 0.25) is 0 Å². The number of carbonyl (C=O) groups excluding carboxylic acids is 1. The standard InChI is InChI=1S/C19H16N2O/c22-19(18-11-17(18)13-4-2-1-3-5-13)21-16-7-6-15-12-20-9-8-14(15)10-16/h1-10,12,17-18H,11H2,(H,21,22)/t17-,18+/m1/s1. The Kier molecular flexibility index (Phi) is 3.11. The number of hydrogen-bond acceptors (Lipinski definition) is 2. The van der Waals surface area contributed by atoms with Crippen molar-refractivity contribution < 1.29 is 4.79 Å². The number of rotatable bonds is 3. The van der Waals surface area contributed by atoms with Crippen LogP contribution in [0.4, 0.5) is 5.69 Å². The van der Waals surface area contributed by atoms with Gasteiger partial charge in [0, 0.05) is 29.4 Å². The van der Waals surface area contributed by atoms with E-state index in [1.165, 1.54) is 5.56 Å². The minimum Gasteiger partial charge on any atom is -0.326 e. The summed E-state index contributed by atoms with van der Waals surface area (Å²) in [5, 5.41) is 5.20. The fraction of sp³-hybridized carbons (Fsp3) is 0.158. The molecule has 1 heterocycles. The summed E-state index contributed by atoms with van der Waals surface area (Å²) in [6, 6.07) is 18.1. The van der Waals surface area contributed by atoms with Gasteiger partial charge in [-0.05, 0) is 41.5 Å². The average Bonchev–Trinajstić information content (AvgIpc) is 3.36. The smallest absolute Gasteiger partial charge is 0.228 e. The quantitative estimate of drug-likeness (QED) is 0.792. The number of hydrogen-bond donors (Lipinski definition) is 1. The molecule has 0 unspecified atom stereocenters. The lowest BCUT2D eigenvalue weighted by Crippen LogP contribution is -2.14. The number of aromatic nitrogens is 1. The topological polar surface area (TPSA) is 42.0 Å². The molecule has 1 amide bonds. The Bertz CT molecular complexity index is 829. The van der Waals surface area contributed by atoms with Crippen LogP contribution < -0.4 is 5.32 Å². The Morgan fingerprint density at radius 3 is 2.77 bits per heavy atom. The molecule has 1 aromatic heterocycles. The van der Waals surface area contributed by atoms with Crippen molar-refractivity contribution in [1.82, 2.24) is 4.98 Å². The van der Waals surface area contributed by atoms with Crippen LogP contribution >= 0.6 is 0 Å². The lowest BCUT2D eigenvalue weighted by molar-refractivity contribution is -0.117. The number of amides is 1. The highest BCUT2D eigenvalue weighted by Gasteiger charge is 2.43. The Labute approximate surface area is 129 Å². The monoisotopic (exact) mass is 288 g/mol. The molecule has 3 heteroatoms. The molecule has 1 fully saturated rings. The van der Waals surface area contributed by atoms with Crippen LogP contribution in [0.15, 0.2) is 67.0 Å². The van der Waals surface area contributed by atoms with E-state index < -0.39 is 0 Å². The van der Waals surface area contributed by atoms with Crippen molar-refractivity contribution in [3.05, 3.63) is 72.6 Å². The third-order valence-corrected chi connectivity index (χ3v) is 4.26. The van der Waals surface area contributed by atoms with Gasteiger partial charge < -0.3 is 5.32 Å². The van der Waals surface area contributed by atoms with Crippen molar-refractivity contribution in [3.8, 4) is 0 Å². The van der Waals surface area contributed by atoms with E-state index in [9.17, 15) is 4.79 Å². The Hall–Kier alpha value is -2.68. The fourth-order valence-electron chi connectivity index (χ4n) is 2.95. The zero-order valence-electron chi connectivity index (χ0n) is 12.1. The zero-order chi connectivity index (χ0) is 14.9. The van der Waals surface area contributed by atoms with Gasteiger partial charge in [-0.15, -0.1) is 0 Å². The molecule has 2 atom stereocenters. The highest BCUT2D eigenvalue weighted by Crippen LogP contribution is 2.47. The molecule has 1 saturated carbocycles. The van der Waals surface area contributed by atoms with Crippen LogP contribution in [0.5, 0.6) is 0 Å². The molecule has 1 aliphatic carbocycles. The van der Waals surface area contributed by atoms with E-state index >= 15 is 0 Å². The summed E-state index contributed by atoms with van der Waals surface area (Å²) in [7, 11) is 0. The zero-order valence-corrected chi connectivity index (χ0v) is 12.1. The van der Waals surface area contributed by atoms with Gasteiger partial charge >= 0.3 is 0 Å². The van der Waals surface area contributed by atoms with Crippen molar-refractivity contribution >= 4 is 22.4 Å². The number of nitrogens with zero attached hydrogens (tertiary/aromatic N) is 1. The van der Waals surface area contributed by atoms with Gasteiger partial charge in [-0.1, -0.05) is 36.4 Å². The van der Waals surface area contributed by atoms with Gasteiger partial charge in [0.2, 0.25) is 5.91 Å². The van der Waals surface area contributed by atoms with Crippen LogP contribution in [0.25, 0.3) is 10.8 Å². The molecule has 0 bridgehead atoms. The molecule has 0 aliphatic heterocycles. The first kappa shape index (κ1) is 13.0. The average molecular weight is 288 g/mol. The maximum absolute atomic E-state index is 12.4. The summed E-state index contributed by atoms with van der Waals surface area (Å²) in [6.07, 6.45) is 4.53. The number of pyridine rings is 1. The predicted octanol–water partition coefficient (Wildman–Crippen LogP) is 3.98. The molecule has 4 rings (SSSR count). The summed E-state index contributed by atoms with van der Waals surface area (Å²) < 4.78 is 0. The van der Waals surface area contributed by atoms with Gasteiger partial charge in [0.25, 0.3) is 0 Å². The Morgan fingerprint density at radius 1 is 1.05 bits per heavy atom. The van der Waals surface area contributed by atoms with Gasteiger partial charge in [0.05, 0.1) is 0 Å². The Balaban J connectivity index is 1.48. The maximum Gasteiger partial charge on any atom is 0.228 e. The van der Waals surface area contributed by atoms with Gasteiger partial charge in [0.1, 0.15) is 0 Å². The van der Waals surface area contributed by atoms with E-state index in [1.807, 2.05) is 48.7 Å². The Morgan fingerprint density at radius 2 is 1.91 bits per heavy atom. The molecule has 1 aliphatic rings. The summed E-state index contributed by atoms with van der Waals surface area (Å²) in [4.78, 5) is 16.5. The normalized spacial score (nSPS) is 19.8. The molecular formula is C19H16N2O. The number of nitrogens with one attached hydrogen (secondary N) is 1. The third-order valence-electron chi connectivity index (χ3n) is 4.26. The van der Waals surface area contributed by atoms with E-state index in [-0.39, 0.29) is 11.8 Å². The van der Waals surface area contributed by atoms with Crippen LogP contribution in [0, 0.1) is 5.92 Å². The second kappa shape index (κ2) is 5.26. The van der Waals surface area contributed by atoms with Crippen LogP contribution in [0.3, 0.4) is 0 Å². The van der Waals surface area contributed by atoms with Crippen molar-refractivity contribution in [2.75, 3.05) is 5.32 Å². The second-order valence-corrected chi connectivity index (χ2v) is 5.79. The molecule has 3 nitrogen and oxygen atoms in total. The third kappa shape index (κ3) is 2.46. The van der Waals surface area contributed by atoms with Crippen molar-refractivity contribution in [2.24, 2.45) is 5.92 Å². The molecule has 22 heavy (non-hydrogen) atoms. The van der Waals surface area contributed by atoms with Gasteiger partial charge in [-0.25, -0.2) is 0 Å². The number of anilines is 1. The minimum absolute atomic E-state index is 0.0931. The lowest BCUT2D eigenvalue weighted by Gasteiger charge is -2.06. The van der Waals surface area contributed by atoms with E-state index in [0.717, 1.165) is 22.9 Å². The predicted molar refractivity (Wildman–Crippen MR) is 87.7 cm³/mol. The molecule has 0 saturated heterocycles. The SMILES string of the molecule is O=C(Nc1ccc2cnccc2c1)[C@H]1C[C@@H]1c1ccccc1. The summed E-state index contributed by atoms with van der Waals surface area (Å²) in [5.74, 6) is 0.573. The van der Waals surface area contributed by atoms with Gasteiger partial charge in [-0.3, -0.25) is 9.78 Å². The molecule has 1 N–H and O–H groups in total. The summed E-state index contributed by atoms with van der Waals surface area (Å²) >= 11 is 0. The first-order valence-electron chi connectivity index (χ1n) is 7.51. The maximum atomic E-state index is 12.4. The molecule has 0 spiro atoms. The molecular weight excluding hydrogens is 272 g/mol. The van der Waals surface area contributed by atoms with Gasteiger partial charge in [0.15, 0.2) is 0 Å². The first-order chi connectivity index (χ1) is 10.8. The van der Waals surface area contributed by atoms with Crippen molar-refractivity contribution in [2.45, 2.75) is 12.3 Å². The van der Waals surface area contributed by atoms with Crippen molar-refractivity contribution in [3.63, 3.8) is 0 Å². The van der Waals surface area contributed by atoms with Gasteiger partial charge in [-0.2, -0.15) is 0 Å². The lowest BCUT2D eigenvalue weighted by atomic mass is 10.1. The fourth-order valence-corrected chi connectivity index (χ4v) is 2.95. The highest BCUT2D eigenvalue weighted by atomic mass is 16.2. The number of carbonyl (C=O) groups is 1. The number of benzene rings is 2. The number of fused-ring (bicyclic) bond motifs is 1. The van der Waals surface area contributed by atoms with Crippen LogP contribution in [0.1, 0.15) is 17.9 Å². The van der Waals surface area contributed by atoms with Crippen LogP contribution in [-0.4, -0.2) is 10.9 Å². The second-order valence-electron chi connectivity index (χ2n) is 5.79. The first-order valence-corrected chi connectivity index (χ1v) is 7.51. The summed E-state index contributed by atoms with van der Waals surface area (Å²) in [6.45, 7) is 0. The largest absolute Gasteiger partial charge is 0.326 e. The van der Waals surface area contributed by atoms with Crippen molar-refractivity contribution in [1.29, 1.82) is 0 Å². The molecule has 2 aromatic carbocycles. The van der Waals surface area contributed by atoms with E-state index in [0.29, 0.717) is 5.92 Å². The van der Waals surface area contributed by atoms with E-state index in [1.54, 1.807) is 6.20 Å². The summed E-state index contributed by atoms with van der Waals surface area (Å²) in [5.41, 5.74) is 2.11. The van der Waals surface area contributed by atoms with E-state index in [4.69, 9.17) is 0 Å². The van der Waals surface area contributed by atoms with Crippen LogP contribution in [-0.2, 0) is 4.79 Å². The molecule has 0 radical (unpaired) electrons. The molecule has 3 aromatic rings. The minimum atomic E-state index is 0.0931. The highest BCUT2D eigenvalue weighted by molar-refractivity contribution is 5.97. The molecule has 108 valence electrons. The van der Waals surface area contributed by atoms with E-state index in [2.05, 4.69) is 22.4 Å².